The normalized spacial score (nSPS) is 10.6. The summed E-state index contributed by atoms with van der Waals surface area (Å²) in [6.45, 7) is 3.07. The molecule has 21 heavy (non-hydrogen) atoms. The van der Waals surface area contributed by atoms with E-state index >= 15 is 0 Å². The fraction of sp³-hybridized carbons (Fsp3) is 0.231. The summed E-state index contributed by atoms with van der Waals surface area (Å²) >= 11 is 0. The molecule has 8 nitrogen and oxygen atoms in total. The maximum Gasteiger partial charge on any atom is 0.292 e. The van der Waals surface area contributed by atoms with Gasteiger partial charge in [-0.25, -0.2) is 4.68 Å². The third-order valence-electron chi connectivity index (χ3n) is 3.40. The first-order valence-electron chi connectivity index (χ1n) is 6.15. The van der Waals surface area contributed by atoms with Gasteiger partial charge >= 0.3 is 0 Å². The number of benzene rings is 1. The van der Waals surface area contributed by atoms with Crippen molar-refractivity contribution in [1.82, 2.24) is 9.78 Å². The number of nitro benzene ring substituents is 1. The standard InChI is InChI=1S/C13H14N4O4/c1-7-8(2)13(19)16(15-12(7)18)6-9-4-3-5-10(11(9)14)17(20)21/h3-5H,6,14H2,1-2H3,(H,15,18). The van der Waals surface area contributed by atoms with Crippen molar-refractivity contribution in [3.63, 3.8) is 0 Å². The highest BCUT2D eigenvalue weighted by Gasteiger charge is 2.15. The first kappa shape index (κ1) is 14.5. The molecule has 2 aromatic rings. The van der Waals surface area contributed by atoms with E-state index in [1.165, 1.54) is 12.1 Å². The van der Waals surface area contributed by atoms with Gasteiger partial charge in [-0.2, -0.15) is 0 Å². The van der Waals surface area contributed by atoms with E-state index in [1.807, 2.05) is 0 Å². The molecule has 0 bridgehead atoms. The zero-order valence-electron chi connectivity index (χ0n) is 11.5. The summed E-state index contributed by atoms with van der Waals surface area (Å²) in [4.78, 5) is 34.1. The highest BCUT2D eigenvalue weighted by atomic mass is 16.6. The van der Waals surface area contributed by atoms with E-state index in [2.05, 4.69) is 5.10 Å². The molecule has 1 heterocycles. The monoisotopic (exact) mass is 290 g/mol. The average molecular weight is 290 g/mol. The summed E-state index contributed by atoms with van der Waals surface area (Å²) in [5.41, 5.74) is 5.83. The summed E-state index contributed by atoms with van der Waals surface area (Å²) in [7, 11) is 0. The van der Waals surface area contributed by atoms with Gasteiger partial charge in [-0.15, -0.1) is 0 Å². The van der Waals surface area contributed by atoms with Gasteiger partial charge in [0.1, 0.15) is 5.69 Å². The number of nitrogen functional groups attached to an aromatic ring is 1. The molecule has 0 unspecified atom stereocenters. The van der Waals surface area contributed by atoms with E-state index in [0.29, 0.717) is 16.7 Å². The van der Waals surface area contributed by atoms with Crippen molar-refractivity contribution in [3.8, 4) is 0 Å². The zero-order valence-corrected chi connectivity index (χ0v) is 11.5. The molecule has 0 aliphatic carbocycles. The number of para-hydroxylation sites is 1. The van der Waals surface area contributed by atoms with Crippen molar-refractivity contribution >= 4 is 11.4 Å². The maximum absolute atomic E-state index is 12.1. The molecule has 110 valence electrons. The minimum atomic E-state index is -0.593. The minimum absolute atomic E-state index is 0.0199. The van der Waals surface area contributed by atoms with Crippen LogP contribution in [0.4, 0.5) is 11.4 Å². The predicted octanol–water partition coefficient (Wildman–Crippen LogP) is 0.692. The van der Waals surface area contributed by atoms with E-state index in [-0.39, 0.29) is 29.0 Å². The first-order valence-corrected chi connectivity index (χ1v) is 6.15. The lowest BCUT2D eigenvalue weighted by Crippen LogP contribution is -2.33. The number of aromatic nitrogens is 2. The Labute approximate surface area is 119 Å². The van der Waals surface area contributed by atoms with Crippen molar-refractivity contribution in [2.75, 3.05) is 5.73 Å². The van der Waals surface area contributed by atoms with Gasteiger partial charge in [-0.1, -0.05) is 12.1 Å². The van der Waals surface area contributed by atoms with Crippen LogP contribution < -0.4 is 16.9 Å². The number of nitro groups is 1. The summed E-state index contributed by atoms with van der Waals surface area (Å²) in [6.07, 6.45) is 0. The Morgan fingerprint density at radius 3 is 2.57 bits per heavy atom. The lowest BCUT2D eigenvalue weighted by atomic mass is 10.1. The second kappa shape index (κ2) is 5.23. The molecule has 0 fully saturated rings. The Kier molecular flexibility index (Phi) is 3.62. The Bertz CT molecular complexity index is 835. The van der Waals surface area contributed by atoms with Crippen LogP contribution in [0, 0.1) is 24.0 Å². The number of hydrogen-bond acceptors (Lipinski definition) is 5. The van der Waals surface area contributed by atoms with Crippen molar-refractivity contribution < 1.29 is 4.92 Å². The topological polar surface area (TPSA) is 124 Å². The number of nitrogens with one attached hydrogen (secondary N) is 1. The van der Waals surface area contributed by atoms with Crippen LogP contribution in [0.1, 0.15) is 16.7 Å². The molecular formula is C13H14N4O4. The quantitative estimate of drug-likeness (QED) is 0.489. The van der Waals surface area contributed by atoms with E-state index in [4.69, 9.17) is 5.73 Å². The summed E-state index contributed by atoms with van der Waals surface area (Å²) in [5.74, 6) is 0. The molecule has 0 spiro atoms. The van der Waals surface area contributed by atoms with Crippen LogP contribution in [-0.2, 0) is 6.54 Å². The van der Waals surface area contributed by atoms with E-state index in [1.54, 1.807) is 19.9 Å². The molecule has 0 amide bonds. The summed E-state index contributed by atoms with van der Waals surface area (Å²) in [6, 6.07) is 4.33. The van der Waals surface area contributed by atoms with Crippen molar-refractivity contribution in [1.29, 1.82) is 0 Å². The highest BCUT2D eigenvalue weighted by molar-refractivity contribution is 5.62. The van der Waals surface area contributed by atoms with Crippen LogP contribution in [0.3, 0.4) is 0 Å². The van der Waals surface area contributed by atoms with Gasteiger partial charge in [0.05, 0.1) is 11.5 Å². The number of H-pyrrole nitrogens is 1. The molecular weight excluding hydrogens is 276 g/mol. The predicted molar refractivity (Wildman–Crippen MR) is 77.4 cm³/mol. The second-order valence-electron chi connectivity index (χ2n) is 4.69. The average Bonchev–Trinajstić information content (AvgIpc) is 2.44. The molecule has 2 rings (SSSR count). The van der Waals surface area contributed by atoms with Gasteiger partial charge in [-0.3, -0.25) is 24.8 Å². The summed E-state index contributed by atoms with van der Waals surface area (Å²) in [5, 5.41) is 13.3. The molecule has 8 heteroatoms. The van der Waals surface area contributed by atoms with Gasteiger partial charge in [0.2, 0.25) is 0 Å². The molecule has 3 N–H and O–H groups in total. The van der Waals surface area contributed by atoms with E-state index in [0.717, 1.165) is 4.68 Å². The molecule has 1 aromatic carbocycles. The van der Waals surface area contributed by atoms with Gasteiger partial charge in [0.15, 0.2) is 0 Å². The number of hydrogen-bond donors (Lipinski definition) is 2. The number of anilines is 1. The Morgan fingerprint density at radius 1 is 1.29 bits per heavy atom. The van der Waals surface area contributed by atoms with Crippen LogP contribution in [-0.4, -0.2) is 14.7 Å². The Hall–Kier alpha value is -2.90. The van der Waals surface area contributed by atoms with E-state index in [9.17, 15) is 19.7 Å². The number of nitrogens with two attached hydrogens (primary N) is 1. The van der Waals surface area contributed by atoms with Crippen LogP contribution in [0.5, 0.6) is 0 Å². The number of aromatic amines is 1. The highest BCUT2D eigenvalue weighted by Crippen LogP contribution is 2.24. The van der Waals surface area contributed by atoms with Gasteiger partial charge < -0.3 is 5.73 Å². The third-order valence-corrected chi connectivity index (χ3v) is 3.40. The number of nitrogens with zero attached hydrogens (tertiary/aromatic N) is 2. The second-order valence-corrected chi connectivity index (χ2v) is 4.69. The lowest BCUT2D eigenvalue weighted by molar-refractivity contribution is -0.383. The van der Waals surface area contributed by atoms with Crippen molar-refractivity contribution in [2.24, 2.45) is 0 Å². The molecule has 0 saturated carbocycles. The summed E-state index contributed by atoms with van der Waals surface area (Å²) < 4.78 is 1.10. The SMILES string of the molecule is Cc1c(C)c(=O)n(Cc2cccc([N+](=O)[O-])c2N)[nH]c1=O. The van der Waals surface area contributed by atoms with Crippen LogP contribution in [0.15, 0.2) is 27.8 Å². The Morgan fingerprint density at radius 2 is 1.95 bits per heavy atom. The van der Waals surface area contributed by atoms with Crippen LogP contribution in [0.2, 0.25) is 0 Å². The van der Waals surface area contributed by atoms with Crippen LogP contribution >= 0.6 is 0 Å². The molecule has 1 aromatic heterocycles. The Balaban J connectivity index is 2.54. The molecule has 0 radical (unpaired) electrons. The van der Waals surface area contributed by atoms with Crippen LogP contribution in [0.25, 0.3) is 0 Å². The molecule has 0 saturated heterocycles. The molecule has 0 aliphatic rings. The molecule has 0 aliphatic heterocycles. The zero-order chi connectivity index (χ0) is 15.7. The fourth-order valence-corrected chi connectivity index (χ4v) is 1.97. The minimum Gasteiger partial charge on any atom is -0.393 e. The maximum atomic E-state index is 12.1. The van der Waals surface area contributed by atoms with E-state index < -0.39 is 4.92 Å². The van der Waals surface area contributed by atoms with Gasteiger partial charge in [0.25, 0.3) is 16.8 Å². The van der Waals surface area contributed by atoms with Crippen molar-refractivity contribution in [2.45, 2.75) is 20.4 Å². The van der Waals surface area contributed by atoms with Crippen molar-refractivity contribution in [3.05, 3.63) is 65.7 Å². The first-order chi connectivity index (χ1) is 9.82. The third kappa shape index (κ3) is 2.55. The van der Waals surface area contributed by atoms with Gasteiger partial charge in [0, 0.05) is 22.8 Å². The molecule has 0 atom stereocenters. The lowest BCUT2D eigenvalue weighted by Gasteiger charge is -2.10. The fourth-order valence-electron chi connectivity index (χ4n) is 1.97. The van der Waals surface area contributed by atoms with Gasteiger partial charge in [-0.05, 0) is 13.8 Å². The smallest absolute Gasteiger partial charge is 0.292 e. The largest absolute Gasteiger partial charge is 0.393 e. The number of rotatable bonds is 3.